The molecule has 0 aromatic heterocycles. The van der Waals surface area contributed by atoms with E-state index in [1.54, 1.807) is 0 Å². The van der Waals surface area contributed by atoms with Crippen molar-refractivity contribution in [3.63, 3.8) is 0 Å². The fourth-order valence-electron chi connectivity index (χ4n) is 2.19. The van der Waals surface area contributed by atoms with Gasteiger partial charge in [-0.2, -0.15) is 0 Å². The zero-order chi connectivity index (χ0) is 15.0. The van der Waals surface area contributed by atoms with E-state index in [0.717, 1.165) is 30.8 Å². The van der Waals surface area contributed by atoms with Crippen LogP contribution < -0.4 is 11.1 Å². The molecule has 0 aliphatic heterocycles. The van der Waals surface area contributed by atoms with Gasteiger partial charge >= 0.3 is 0 Å². The minimum Gasteiger partial charge on any atom is -0.326 e. The molecular weight excluding hydrogens is 250 g/mol. The second-order valence-electron chi connectivity index (χ2n) is 5.29. The number of nitrogens with two attached hydrogens (primary N) is 1. The summed E-state index contributed by atoms with van der Waals surface area (Å²) in [5, 5.41) is 2.95. The molecule has 4 heteroatoms. The Hall–Kier alpha value is -1.39. The van der Waals surface area contributed by atoms with E-state index in [1.165, 1.54) is 0 Å². The molecule has 0 heterocycles. The molecule has 0 atom stereocenters. The number of anilines is 1. The Labute approximate surface area is 122 Å². The van der Waals surface area contributed by atoms with Gasteiger partial charge in [0.05, 0.1) is 0 Å². The van der Waals surface area contributed by atoms with Crippen molar-refractivity contribution < 1.29 is 4.79 Å². The normalized spacial score (nSPS) is 11.1. The molecule has 4 nitrogen and oxygen atoms in total. The van der Waals surface area contributed by atoms with Crippen LogP contribution in [0.4, 0.5) is 5.69 Å². The third-order valence-corrected chi connectivity index (χ3v) is 3.38. The van der Waals surface area contributed by atoms with Gasteiger partial charge in [-0.3, -0.25) is 4.79 Å². The van der Waals surface area contributed by atoms with Crippen molar-refractivity contribution in [2.24, 2.45) is 5.73 Å². The number of rotatable bonds is 8. The summed E-state index contributed by atoms with van der Waals surface area (Å²) in [5.41, 5.74) is 7.46. The van der Waals surface area contributed by atoms with Crippen molar-refractivity contribution in [3.05, 3.63) is 29.8 Å². The Bertz CT molecular complexity index is 418. The van der Waals surface area contributed by atoms with Crippen molar-refractivity contribution in [1.82, 2.24) is 4.90 Å². The first-order valence-electron chi connectivity index (χ1n) is 7.40. The highest BCUT2D eigenvalue weighted by molar-refractivity contribution is 5.91. The van der Waals surface area contributed by atoms with Gasteiger partial charge in [0.2, 0.25) is 5.91 Å². The molecule has 0 saturated heterocycles. The van der Waals surface area contributed by atoms with Gasteiger partial charge in [0.25, 0.3) is 0 Å². The highest BCUT2D eigenvalue weighted by atomic mass is 16.1. The SMILES string of the molecule is CCCN(CCC(=O)Nc1ccccc1CN)C(C)C. The molecule has 0 fully saturated rings. The number of amides is 1. The van der Waals surface area contributed by atoms with E-state index >= 15 is 0 Å². The summed E-state index contributed by atoms with van der Waals surface area (Å²) in [6.07, 6.45) is 1.62. The number of hydrogen-bond donors (Lipinski definition) is 2. The molecule has 0 unspecified atom stereocenters. The lowest BCUT2D eigenvalue weighted by molar-refractivity contribution is -0.116. The minimum absolute atomic E-state index is 0.0488. The Balaban J connectivity index is 2.51. The molecule has 1 rings (SSSR count). The third-order valence-electron chi connectivity index (χ3n) is 3.38. The highest BCUT2D eigenvalue weighted by Gasteiger charge is 2.11. The van der Waals surface area contributed by atoms with Gasteiger partial charge in [-0.15, -0.1) is 0 Å². The average Bonchev–Trinajstić information content (AvgIpc) is 2.43. The Morgan fingerprint density at radius 3 is 2.60 bits per heavy atom. The van der Waals surface area contributed by atoms with E-state index in [-0.39, 0.29) is 5.91 Å². The third kappa shape index (κ3) is 5.31. The maximum Gasteiger partial charge on any atom is 0.225 e. The van der Waals surface area contributed by atoms with E-state index in [4.69, 9.17) is 5.73 Å². The van der Waals surface area contributed by atoms with Crippen LogP contribution in [0, 0.1) is 0 Å². The lowest BCUT2D eigenvalue weighted by Crippen LogP contribution is -2.34. The summed E-state index contributed by atoms with van der Waals surface area (Å²) in [6, 6.07) is 8.14. The Morgan fingerprint density at radius 1 is 1.30 bits per heavy atom. The Morgan fingerprint density at radius 2 is 2.00 bits per heavy atom. The molecule has 0 radical (unpaired) electrons. The van der Waals surface area contributed by atoms with E-state index in [0.29, 0.717) is 19.0 Å². The van der Waals surface area contributed by atoms with Crippen LogP contribution in [-0.4, -0.2) is 29.9 Å². The van der Waals surface area contributed by atoms with Crippen LogP contribution in [0.5, 0.6) is 0 Å². The van der Waals surface area contributed by atoms with Gasteiger partial charge in [0.1, 0.15) is 0 Å². The largest absolute Gasteiger partial charge is 0.326 e. The molecule has 1 aromatic rings. The molecule has 0 saturated carbocycles. The topological polar surface area (TPSA) is 58.4 Å². The maximum atomic E-state index is 12.0. The predicted molar refractivity (Wildman–Crippen MR) is 84.6 cm³/mol. The zero-order valence-electron chi connectivity index (χ0n) is 12.9. The molecule has 3 N–H and O–H groups in total. The number of nitrogens with one attached hydrogen (secondary N) is 1. The van der Waals surface area contributed by atoms with Crippen LogP contribution in [0.3, 0.4) is 0 Å². The van der Waals surface area contributed by atoms with Crippen LogP contribution in [0.15, 0.2) is 24.3 Å². The van der Waals surface area contributed by atoms with Gasteiger partial charge in [0.15, 0.2) is 0 Å². The van der Waals surface area contributed by atoms with Crippen LogP contribution >= 0.6 is 0 Å². The van der Waals surface area contributed by atoms with Crippen LogP contribution in [0.1, 0.15) is 39.2 Å². The lowest BCUT2D eigenvalue weighted by atomic mass is 10.1. The molecule has 1 aromatic carbocycles. The van der Waals surface area contributed by atoms with Crippen LogP contribution in [0.25, 0.3) is 0 Å². The number of benzene rings is 1. The molecule has 0 aliphatic carbocycles. The Kier molecular flexibility index (Phi) is 7.26. The van der Waals surface area contributed by atoms with E-state index in [9.17, 15) is 4.79 Å². The molecule has 20 heavy (non-hydrogen) atoms. The summed E-state index contributed by atoms with van der Waals surface area (Å²) < 4.78 is 0. The number of hydrogen-bond acceptors (Lipinski definition) is 3. The molecule has 0 bridgehead atoms. The van der Waals surface area contributed by atoms with Crippen molar-refractivity contribution in [2.75, 3.05) is 18.4 Å². The summed E-state index contributed by atoms with van der Waals surface area (Å²) in [6.45, 7) is 8.75. The number of carbonyl (C=O) groups is 1. The monoisotopic (exact) mass is 277 g/mol. The van der Waals surface area contributed by atoms with Crippen LogP contribution in [0.2, 0.25) is 0 Å². The summed E-state index contributed by atoms with van der Waals surface area (Å²) in [4.78, 5) is 14.4. The van der Waals surface area contributed by atoms with Crippen molar-refractivity contribution in [2.45, 2.75) is 46.2 Å². The van der Waals surface area contributed by atoms with Gasteiger partial charge in [-0.05, 0) is 38.4 Å². The molecular formula is C16H27N3O. The molecule has 0 aliphatic rings. The fourth-order valence-corrected chi connectivity index (χ4v) is 2.19. The van der Waals surface area contributed by atoms with Crippen molar-refractivity contribution in [3.8, 4) is 0 Å². The van der Waals surface area contributed by atoms with Crippen LogP contribution in [-0.2, 0) is 11.3 Å². The first-order valence-corrected chi connectivity index (χ1v) is 7.40. The first kappa shape index (κ1) is 16.7. The van der Waals surface area contributed by atoms with Gasteiger partial charge < -0.3 is 16.0 Å². The summed E-state index contributed by atoms with van der Waals surface area (Å²) in [7, 11) is 0. The molecule has 112 valence electrons. The van der Waals surface area contributed by atoms with Gasteiger partial charge in [-0.1, -0.05) is 25.1 Å². The second kappa shape index (κ2) is 8.72. The fraction of sp³-hybridized carbons (Fsp3) is 0.562. The van der Waals surface area contributed by atoms with E-state index in [1.807, 2.05) is 24.3 Å². The quantitative estimate of drug-likeness (QED) is 0.768. The van der Waals surface area contributed by atoms with Crippen molar-refractivity contribution >= 4 is 11.6 Å². The minimum atomic E-state index is 0.0488. The molecule has 0 spiro atoms. The van der Waals surface area contributed by atoms with E-state index < -0.39 is 0 Å². The number of para-hydroxylation sites is 1. The smallest absolute Gasteiger partial charge is 0.225 e. The standard InChI is InChI=1S/C16H27N3O/c1-4-10-19(13(2)3)11-9-16(20)18-15-8-6-5-7-14(15)12-17/h5-8,13H,4,9-12,17H2,1-3H3,(H,18,20). The average molecular weight is 277 g/mol. The lowest BCUT2D eigenvalue weighted by Gasteiger charge is -2.25. The second-order valence-corrected chi connectivity index (χ2v) is 5.29. The van der Waals surface area contributed by atoms with Gasteiger partial charge in [0, 0.05) is 31.2 Å². The van der Waals surface area contributed by atoms with Crippen molar-refractivity contribution in [1.29, 1.82) is 0 Å². The van der Waals surface area contributed by atoms with E-state index in [2.05, 4.69) is 31.0 Å². The maximum absolute atomic E-state index is 12.0. The summed E-state index contributed by atoms with van der Waals surface area (Å²) in [5.74, 6) is 0.0488. The first-order chi connectivity index (χ1) is 9.58. The highest BCUT2D eigenvalue weighted by Crippen LogP contribution is 2.14. The summed E-state index contributed by atoms with van der Waals surface area (Å²) >= 11 is 0. The number of carbonyl (C=O) groups excluding carboxylic acids is 1. The zero-order valence-corrected chi connectivity index (χ0v) is 12.9. The number of nitrogens with zero attached hydrogens (tertiary/aromatic N) is 1. The van der Waals surface area contributed by atoms with Gasteiger partial charge in [-0.25, -0.2) is 0 Å². The predicted octanol–water partition coefficient (Wildman–Crippen LogP) is 2.59. The molecule has 1 amide bonds.